The largest absolute Gasteiger partial charge is 0.490 e. The van der Waals surface area contributed by atoms with Gasteiger partial charge in [-0.05, 0) is 29.8 Å². The second kappa shape index (κ2) is 8.89. The van der Waals surface area contributed by atoms with Crippen LogP contribution in [0.2, 0.25) is 0 Å². The summed E-state index contributed by atoms with van der Waals surface area (Å²) in [5, 5.41) is 10.7. The van der Waals surface area contributed by atoms with Gasteiger partial charge in [0.05, 0.1) is 38.7 Å². The summed E-state index contributed by atoms with van der Waals surface area (Å²) in [4.78, 5) is 2.11. The molecule has 1 atom stereocenters. The third-order valence-electron chi connectivity index (χ3n) is 4.16. The van der Waals surface area contributed by atoms with Gasteiger partial charge < -0.3 is 23.7 Å². The number of aliphatic hydroxyl groups excluding tert-OH is 1. The Morgan fingerprint density at radius 3 is 2.80 bits per heavy atom. The molecule has 0 saturated carbocycles. The average molecular weight is 347 g/mol. The van der Waals surface area contributed by atoms with E-state index in [2.05, 4.69) is 4.90 Å². The Balaban J connectivity index is 1.67. The standard InChI is InChI=1S/C19H25NO5/c1-22-11-7-20(13-16-4-2-8-23-16)14-17(21)15-5-6-18-19(12-15)25-10-3-9-24-18/h2,4-6,8,12,17,21H,3,7,9-11,13-14H2,1H3/t17-/m0/s1. The molecule has 0 aliphatic carbocycles. The lowest BCUT2D eigenvalue weighted by molar-refractivity contribution is 0.0810. The number of methoxy groups -OCH3 is 1. The van der Waals surface area contributed by atoms with Gasteiger partial charge in [-0.1, -0.05) is 6.07 Å². The number of hydrogen-bond donors (Lipinski definition) is 1. The molecule has 1 aromatic carbocycles. The summed E-state index contributed by atoms with van der Waals surface area (Å²) >= 11 is 0. The maximum atomic E-state index is 10.7. The lowest BCUT2D eigenvalue weighted by atomic mass is 10.1. The summed E-state index contributed by atoms with van der Waals surface area (Å²) < 4.78 is 21.9. The number of hydrogen-bond acceptors (Lipinski definition) is 6. The monoisotopic (exact) mass is 347 g/mol. The van der Waals surface area contributed by atoms with Gasteiger partial charge in [-0.3, -0.25) is 4.90 Å². The molecule has 2 heterocycles. The smallest absolute Gasteiger partial charge is 0.161 e. The predicted molar refractivity (Wildman–Crippen MR) is 92.9 cm³/mol. The van der Waals surface area contributed by atoms with E-state index in [4.69, 9.17) is 18.6 Å². The molecule has 1 aliphatic heterocycles. The Morgan fingerprint density at radius 1 is 1.20 bits per heavy atom. The van der Waals surface area contributed by atoms with E-state index in [1.165, 1.54) is 0 Å². The van der Waals surface area contributed by atoms with E-state index >= 15 is 0 Å². The van der Waals surface area contributed by atoms with Gasteiger partial charge in [0.25, 0.3) is 0 Å². The molecule has 0 amide bonds. The normalized spacial score (nSPS) is 15.2. The van der Waals surface area contributed by atoms with Gasteiger partial charge in [-0.25, -0.2) is 0 Å². The molecule has 1 N–H and O–H groups in total. The maximum Gasteiger partial charge on any atom is 0.161 e. The van der Waals surface area contributed by atoms with Crippen molar-refractivity contribution in [3.8, 4) is 11.5 Å². The third-order valence-corrected chi connectivity index (χ3v) is 4.16. The molecule has 0 bridgehead atoms. The zero-order valence-corrected chi connectivity index (χ0v) is 14.5. The summed E-state index contributed by atoms with van der Waals surface area (Å²) in [5.41, 5.74) is 0.811. The van der Waals surface area contributed by atoms with Crippen LogP contribution in [0.3, 0.4) is 0 Å². The van der Waals surface area contributed by atoms with Gasteiger partial charge in [0.15, 0.2) is 11.5 Å². The topological polar surface area (TPSA) is 64.3 Å². The van der Waals surface area contributed by atoms with E-state index in [0.29, 0.717) is 45.2 Å². The minimum absolute atomic E-state index is 0.476. The number of aliphatic hydroxyl groups is 1. The van der Waals surface area contributed by atoms with Crippen molar-refractivity contribution in [3.63, 3.8) is 0 Å². The fraction of sp³-hybridized carbons (Fsp3) is 0.474. The quantitative estimate of drug-likeness (QED) is 0.792. The van der Waals surface area contributed by atoms with E-state index in [0.717, 1.165) is 23.5 Å². The minimum atomic E-state index is -0.635. The van der Waals surface area contributed by atoms with Crippen molar-refractivity contribution in [3.05, 3.63) is 47.9 Å². The summed E-state index contributed by atoms with van der Waals surface area (Å²) in [6, 6.07) is 9.42. The Hall–Kier alpha value is -2.02. The molecule has 6 heteroatoms. The van der Waals surface area contributed by atoms with Crippen molar-refractivity contribution in [2.75, 3.05) is 40.0 Å². The first-order valence-electron chi connectivity index (χ1n) is 8.57. The maximum absolute atomic E-state index is 10.7. The zero-order valence-electron chi connectivity index (χ0n) is 14.5. The van der Waals surface area contributed by atoms with Gasteiger partial charge >= 0.3 is 0 Å². The lowest BCUT2D eigenvalue weighted by Gasteiger charge is -2.24. The highest BCUT2D eigenvalue weighted by Gasteiger charge is 2.18. The van der Waals surface area contributed by atoms with Crippen LogP contribution in [0.4, 0.5) is 0 Å². The van der Waals surface area contributed by atoms with Gasteiger partial charge in [-0.15, -0.1) is 0 Å². The molecule has 136 valence electrons. The molecule has 6 nitrogen and oxygen atoms in total. The molecule has 0 fully saturated rings. The second-order valence-corrected chi connectivity index (χ2v) is 6.08. The van der Waals surface area contributed by atoms with Crippen molar-refractivity contribution in [1.82, 2.24) is 4.90 Å². The second-order valence-electron chi connectivity index (χ2n) is 6.08. The number of nitrogens with zero attached hydrogens (tertiary/aromatic N) is 1. The minimum Gasteiger partial charge on any atom is -0.490 e. The Labute approximate surface area is 147 Å². The number of ether oxygens (including phenoxy) is 3. The van der Waals surface area contributed by atoms with E-state index in [9.17, 15) is 5.11 Å². The molecule has 0 saturated heterocycles. The highest BCUT2D eigenvalue weighted by molar-refractivity contribution is 5.44. The molecule has 1 aromatic heterocycles. The van der Waals surface area contributed by atoms with Crippen LogP contribution >= 0.6 is 0 Å². The summed E-state index contributed by atoms with van der Waals surface area (Å²) in [6.07, 6.45) is 1.88. The van der Waals surface area contributed by atoms with Crippen LogP contribution in [0.25, 0.3) is 0 Å². The first-order valence-corrected chi connectivity index (χ1v) is 8.57. The Bertz CT molecular complexity index is 643. The molecular formula is C19H25NO5. The van der Waals surface area contributed by atoms with Gasteiger partial charge in [-0.2, -0.15) is 0 Å². The highest BCUT2D eigenvalue weighted by Crippen LogP contribution is 2.32. The molecular weight excluding hydrogens is 322 g/mol. The van der Waals surface area contributed by atoms with Crippen LogP contribution in [-0.4, -0.2) is 50.0 Å². The van der Waals surface area contributed by atoms with Gasteiger partial charge in [0, 0.05) is 26.6 Å². The van der Waals surface area contributed by atoms with Crippen molar-refractivity contribution in [1.29, 1.82) is 0 Å². The molecule has 25 heavy (non-hydrogen) atoms. The number of benzene rings is 1. The van der Waals surface area contributed by atoms with Crippen molar-refractivity contribution in [2.24, 2.45) is 0 Å². The predicted octanol–water partition coefficient (Wildman–Crippen LogP) is 2.62. The molecule has 0 unspecified atom stereocenters. The fourth-order valence-electron chi connectivity index (χ4n) is 2.82. The molecule has 0 spiro atoms. The van der Waals surface area contributed by atoms with Gasteiger partial charge in [0.1, 0.15) is 5.76 Å². The first-order chi connectivity index (χ1) is 12.3. The van der Waals surface area contributed by atoms with Crippen molar-refractivity contribution < 1.29 is 23.7 Å². The highest BCUT2D eigenvalue weighted by atomic mass is 16.5. The van der Waals surface area contributed by atoms with E-state index in [1.54, 1.807) is 13.4 Å². The molecule has 0 radical (unpaired) electrons. The van der Waals surface area contributed by atoms with Crippen LogP contribution < -0.4 is 9.47 Å². The SMILES string of the molecule is COCCN(Cc1ccco1)C[C@H](O)c1ccc2c(c1)OCCCO2. The van der Waals surface area contributed by atoms with E-state index < -0.39 is 6.10 Å². The van der Waals surface area contributed by atoms with Crippen molar-refractivity contribution in [2.45, 2.75) is 19.1 Å². The third kappa shape index (κ3) is 4.98. The summed E-state index contributed by atoms with van der Waals surface area (Å²) in [6.45, 7) is 3.68. The lowest BCUT2D eigenvalue weighted by Crippen LogP contribution is -2.31. The Morgan fingerprint density at radius 2 is 2.04 bits per heavy atom. The first kappa shape index (κ1) is 17.8. The molecule has 2 aromatic rings. The zero-order chi connectivity index (χ0) is 17.5. The fourth-order valence-corrected chi connectivity index (χ4v) is 2.82. The van der Waals surface area contributed by atoms with Crippen molar-refractivity contribution >= 4 is 0 Å². The van der Waals surface area contributed by atoms with Crippen LogP contribution in [0.1, 0.15) is 23.8 Å². The molecule has 3 rings (SSSR count). The summed E-state index contributed by atoms with van der Waals surface area (Å²) in [5.74, 6) is 2.30. The number of rotatable bonds is 8. The Kier molecular flexibility index (Phi) is 6.33. The summed E-state index contributed by atoms with van der Waals surface area (Å²) in [7, 11) is 1.67. The van der Waals surface area contributed by atoms with Crippen LogP contribution in [0.15, 0.2) is 41.0 Å². The average Bonchev–Trinajstić information content (AvgIpc) is 3.01. The molecule has 1 aliphatic rings. The van der Waals surface area contributed by atoms with Crippen LogP contribution in [-0.2, 0) is 11.3 Å². The van der Waals surface area contributed by atoms with Crippen LogP contribution in [0, 0.1) is 0 Å². The van der Waals surface area contributed by atoms with Crippen LogP contribution in [0.5, 0.6) is 11.5 Å². The van der Waals surface area contributed by atoms with E-state index in [1.807, 2.05) is 30.3 Å². The van der Waals surface area contributed by atoms with Gasteiger partial charge in [0.2, 0.25) is 0 Å². The number of fused-ring (bicyclic) bond motifs is 1. The van der Waals surface area contributed by atoms with E-state index in [-0.39, 0.29) is 0 Å². The number of furan rings is 1.